The van der Waals surface area contributed by atoms with Gasteiger partial charge in [-0.25, -0.2) is 14.2 Å². The van der Waals surface area contributed by atoms with Crippen LogP contribution >= 0.6 is 0 Å². The number of hydrogen-bond donors (Lipinski definition) is 4. The van der Waals surface area contributed by atoms with Crippen molar-refractivity contribution in [1.82, 2.24) is 29.5 Å². The monoisotopic (exact) mass is 422 g/mol. The average Bonchev–Trinajstić information content (AvgIpc) is 3.37. The molecule has 1 aliphatic carbocycles. The number of rotatable bonds is 5. The SMILES string of the molecule is CC(Nc1nc(=NC2CC2)n2ncc(=Cc3[nH]c(=O)[nH]c3O)c2n1)c1ccccc1F. The minimum Gasteiger partial charge on any atom is -0.493 e. The summed E-state index contributed by atoms with van der Waals surface area (Å²) in [6, 6.07) is 6.30. The summed E-state index contributed by atoms with van der Waals surface area (Å²) in [6.45, 7) is 1.82. The van der Waals surface area contributed by atoms with Crippen molar-refractivity contribution in [2.24, 2.45) is 4.99 Å². The van der Waals surface area contributed by atoms with Crippen LogP contribution in [0.25, 0.3) is 11.7 Å². The minimum atomic E-state index is -0.527. The van der Waals surface area contributed by atoms with Gasteiger partial charge in [0.25, 0.3) is 5.62 Å². The number of hydrogen-bond acceptors (Lipinski definition) is 7. The Balaban J connectivity index is 1.63. The molecule has 3 heterocycles. The molecule has 0 aliphatic heterocycles. The molecule has 0 amide bonds. The van der Waals surface area contributed by atoms with Crippen molar-refractivity contribution in [1.29, 1.82) is 0 Å². The first-order chi connectivity index (χ1) is 15.0. The van der Waals surface area contributed by atoms with Gasteiger partial charge in [0.05, 0.1) is 18.3 Å². The number of nitrogens with zero attached hydrogens (tertiary/aromatic N) is 5. The van der Waals surface area contributed by atoms with Gasteiger partial charge in [0, 0.05) is 10.8 Å². The van der Waals surface area contributed by atoms with Crippen molar-refractivity contribution in [3.8, 4) is 5.88 Å². The molecular formula is C20H19FN8O2. The minimum absolute atomic E-state index is 0.191. The summed E-state index contributed by atoms with van der Waals surface area (Å²) < 4.78 is 15.7. The van der Waals surface area contributed by atoms with Gasteiger partial charge in [0.2, 0.25) is 11.8 Å². The molecule has 0 bridgehead atoms. The van der Waals surface area contributed by atoms with Crippen molar-refractivity contribution in [3.05, 3.63) is 68.9 Å². The fraction of sp³-hybridized carbons (Fsp3) is 0.250. The second-order valence-corrected chi connectivity index (χ2v) is 7.42. The lowest BCUT2D eigenvalue weighted by Gasteiger charge is -2.14. The maximum absolute atomic E-state index is 14.2. The summed E-state index contributed by atoms with van der Waals surface area (Å²) in [7, 11) is 0. The molecule has 31 heavy (non-hydrogen) atoms. The van der Waals surface area contributed by atoms with Crippen LogP contribution in [0.3, 0.4) is 0 Å². The average molecular weight is 422 g/mol. The van der Waals surface area contributed by atoms with Crippen molar-refractivity contribution in [3.63, 3.8) is 0 Å². The van der Waals surface area contributed by atoms with Crippen LogP contribution in [0.5, 0.6) is 5.88 Å². The zero-order valence-corrected chi connectivity index (χ0v) is 16.5. The molecule has 10 nitrogen and oxygen atoms in total. The lowest BCUT2D eigenvalue weighted by Crippen LogP contribution is -2.25. The highest BCUT2D eigenvalue weighted by Crippen LogP contribution is 2.22. The molecule has 1 aromatic carbocycles. The van der Waals surface area contributed by atoms with Crippen LogP contribution in [0.2, 0.25) is 0 Å². The van der Waals surface area contributed by atoms with Crippen LogP contribution in [-0.2, 0) is 0 Å². The summed E-state index contributed by atoms with van der Waals surface area (Å²) in [5.41, 5.74) is 0.969. The number of benzene rings is 1. The molecule has 1 aliphatic rings. The molecule has 4 N–H and O–H groups in total. The van der Waals surface area contributed by atoms with E-state index in [1.165, 1.54) is 10.6 Å². The van der Waals surface area contributed by atoms with Crippen molar-refractivity contribution >= 4 is 17.7 Å². The van der Waals surface area contributed by atoms with Crippen LogP contribution in [0, 0.1) is 5.82 Å². The van der Waals surface area contributed by atoms with E-state index in [-0.39, 0.29) is 29.4 Å². The van der Waals surface area contributed by atoms with Crippen molar-refractivity contribution in [2.75, 3.05) is 5.32 Å². The highest BCUT2D eigenvalue weighted by atomic mass is 19.1. The van der Waals surface area contributed by atoms with Gasteiger partial charge in [-0.2, -0.15) is 19.6 Å². The molecule has 0 radical (unpaired) electrons. The Bertz CT molecular complexity index is 1450. The van der Waals surface area contributed by atoms with E-state index in [9.17, 15) is 14.3 Å². The molecule has 3 aromatic heterocycles. The van der Waals surface area contributed by atoms with Gasteiger partial charge in [0.1, 0.15) is 11.5 Å². The maximum Gasteiger partial charge on any atom is 0.326 e. The lowest BCUT2D eigenvalue weighted by molar-refractivity contribution is 0.454. The summed E-state index contributed by atoms with van der Waals surface area (Å²) in [5.74, 6) is -0.339. The number of aromatic amines is 2. The lowest BCUT2D eigenvalue weighted by atomic mass is 10.1. The Morgan fingerprint density at radius 3 is 2.84 bits per heavy atom. The number of imidazole rings is 1. The standard InChI is InChI=1S/C20H19FN8O2/c1-10(13-4-2-3-5-14(13)21)23-18-26-16-11(8-15-17(30)27-20(31)25-15)9-22-29(16)19(28-18)24-12-6-7-12/h2-5,8-10,12,30H,6-7H2,1H3,(H,23,24,28)(H2,25,27,31). The molecule has 1 fully saturated rings. The Kier molecular flexibility index (Phi) is 4.50. The highest BCUT2D eigenvalue weighted by Gasteiger charge is 2.21. The number of anilines is 1. The topological polar surface area (TPSA) is 136 Å². The van der Waals surface area contributed by atoms with Crippen LogP contribution in [0.15, 0.2) is 40.2 Å². The van der Waals surface area contributed by atoms with Gasteiger partial charge >= 0.3 is 5.69 Å². The van der Waals surface area contributed by atoms with Crippen LogP contribution in [-0.4, -0.2) is 40.7 Å². The van der Waals surface area contributed by atoms with E-state index in [1.807, 2.05) is 6.92 Å². The second kappa shape index (κ2) is 7.35. The fourth-order valence-corrected chi connectivity index (χ4v) is 3.24. The van der Waals surface area contributed by atoms with Gasteiger partial charge in [-0.1, -0.05) is 18.2 Å². The zero-order chi connectivity index (χ0) is 21.5. The molecule has 1 atom stereocenters. The predicted molar refractivity (Wildman–Crippen MR) is 110 cm³/mol. The van der Waals surface area contributed by atoms with Gasteiger partial charge in [-0.15, -0.1) is 0 Å². The number of nitrogens with one attached hydrogen (secondary N) is 3. The van der Waals surface area contributed by atoms with E-state index in [4.69, 9.17) is 0 Å². The maximum atomic E-state index is 14.2. The highest BCUT2D eigenvalue weighted by molar-refractivity contribution is 5.57. The van der Waals surface area contributed by atoms with Crippen LogP contribution in [0.4, 0.5) is 10.3 Å². The molecule has 1 saturated carbocycles. The third kappa shape index (κ3) is 3.77. The Labute approximate surface area is 174 Å². The molecular weight excluding hydrogens is 403 g/mol. The summed E-state index contributed by atoms with van der Waals surface area (Å²) in [6.07, 6.45) is 5.06. The van der Waals surface area contributed by atoms with Gasteiger partial charge in [-0.05, 0) is 31.9 Å². The Hall–Kier alpha value is -4.02. The molecule has 11 heteroatoms. The van der Waals surface area contributed by atoms with E-state index >= 15 is 0 Å². The first kappa shape index (κ1) is 19.0. The smallest absolute Gasteiger partial charge is 0.326 e. The molecule has 0 spiro atoms. The summed E-state index contributed by atoms with van der Waals surface area (Å²) in [5, 5.41) is 17.9. The number of H-pyrrole nitrogens is 2. The van der Waals surface area contributed by atoms with E-state index in [0.717, 1.165) is 12.8 Å². The Morgan fingerprint density at radius 2 is 2.13 bits per heavy atom. The number of aromatic hydroxyl groups is 1. The zero-order valence-electron chi connectivity index (χ0n) is 16.5. The first-order valence-electron chi connectivity index (χ1n) is 9.81. The quantitative estimate of drug-likeness (QED) is 0.375. The normalized spacial score (nSPS) is 16.2. The fourth-order valence-electron chi connectivity index (χ4n) is 3.24. The molecule has 4 aromatic rings. The van der Waals surface area contributed by atoms with E-state index in [1.54, 1.807) is 30.5 Å². The van der Waals surface area contributed by atoms with E-state index in [2.05, 4.69) is 35.3 Å². The molecule has 1 unspecified atom stereocenters. The predicted octanol–water partition coefficient (Wildman–Crippen LogP) is 0.769. The number of aromatic nitrogens is 6. The van der Waals surface area contributed by atoms with Gasteiger partial charge in [-0.3, -0.25) is 4.98 Å². The second-order valence-electron chi connectivity index (χ2n) is 7.42. The van der Waals surface area contributed by atoms with E-state index < -0.39 is 11.7 Å². The van der Waals surface area contributed by atoms with Crippen LogP contribution < -0.4 is 21.8 Å². The van der Waals surface area contributed by atoms with Gasteiger partial charge < -0.3 is 15.4 Å². The third-order valence-corrected chi connectivity index (χ3v) is 4.98. The number of fused-ring (bicyclic) bond motifs is 1. The molecule has 5 rings (SSSR count). The number of halogens is 1. The van der Waals surface area contributed by atoms with Crippen LogP contribution in [0.1, 0.15) is 37.1 Å². The van der Waals surface area contributed by atoms with Crippen molar-refractivity contribution < 1.29 is 9.50 Å². The third-order valence-electron chi connectivity index (χ3n) is 4.98. The van der Waals surface area contributed by atoms with Crippen molar-refractivity contribution in [2.45, 2.75) is 31.8 Å². The summed E-state index contributed by atoms with van der Waals surface area (Å²) in [4.78, 5) is 29.8. The largest absolute Gasteiger partial charge is 0.493 e. The first-order valence-corrected chi connectivity index (χ1v) is 9.81. The Morgan fingerprint density at radius 1 is 1.32 bits per heavy atom. The van der Waals surface area contributed by atoms with Gasteiger partial charge in [0.15, 0.2) is 5.65 Å². The molecule has 0 saturated heterocycles. The molecule has 158 valence electrons. The summed E-state index contributed by atoms with van der Waals surface area (Å²) >= 11 is 0. The van der Waals surface area contributed by atoms with E-state index in [0.29, 0.717) is 22.0 Å².